The highest BCUT2D eigenvalue weighted by Crippen LogP contribution is 2.19. The molecule has 0 spiro atoms. The zero-order valence-electron chi connectivity index (χ0n) is 5.28. The van der Waals surface area contributed by atoms with Crippen molar-refractivity contribution >= 4 is 14.9 Å². The minimum atomic E-state index is -1.37. The van der Waals surface area contributed by atoms with Crippen molar-refractivity contribution in [2.45, 2.75) is 0 Å². The van der Waals surface area contributed by atoms with E-state index in [2.05, 4.69) is 0 Å². The highest BCUT2D eigenvalue weighted by molar-refractivity contribution is 6.47. The summed E-state index contributed by atoms with van der Waals surface area (Å²) in [7, 11) is -1.37. The van der Waals surface area contributed by atoms with Crippen LogP contribution < -0.4 is 5.19 Å². The number of aromatic hydroxyl groups is 2. The van der Waals surface area contributed by atoms with Gasteiger partial charge in [0.05, 0.1) is 0 Å². The van der Waals surface area contributed by atoms with Gasteiger partial charge in [0.25, 0.3) is 0 Å². The minimum Gasteiger partial charge on any atom is -0.504 e. The van der Waals surface area contributed by atoms with Crippen LogP contribution in [0.3, 0.4) is 0 Å². The van der Waals surface area contributed by atoms with Crippen molar-refractivity contribution in [1.29, 1.82) is 0 Å². The highest BCUT2D eigenvalue weighted by Gasteiger charge is 2.02. The zero-order valence-corrected chi connectivity index (χ0v) is 6.70. The summed E-state index contributed by atoms with van der Waals surface area (Å²) in [6.45, 7) is 0. The fourth-order valence-corrected chi connectivity index (χ4v) is 1.28. The molecular formula is C6H8O3Si. The summed E-state index contributed by atoms with van der Waals surface area (Å²) in [6, 6.07) is 4.57. The average molecular weight is 156 g/mol. The molecule has 0 radical (unpaired) electrons. The van der Waals surface area contributed by atoms with Crippen LogP contribution in [0.4, 0.5) is 0 Å². The van der Waals surface area contributed by atoms with E-state index in [4.69, 9.17) is 15.0 Å². The lowest BCUT2D eigenvalue weighted by molar-refractivity contribution is 0.406. The van der Waals surface area contributed by atoms with E-state index in [1.54, 1.807) is 12.1 Å². The molecule has 54 valence electrons. The summed E-state index contributed by atoms with van der Waals surface area (Å²) in [4.78, 5) is 8.71. The number of hydrogen-bond donors (Lipinski definition) is 3. The smallest absolute Gasteiger partial charge is 0.192 e. The number of hydrogen-bond acceptors (Lipinski definition) is 3. The Kier molecular flexibility index (Phi) is 1.93. The Morgan fingerprint density at radius 1 is 1.20 bits per heavy atom. The summed E-state index contributed by atoms with van der Waals surface area (Å²) < 4.78 is 0. The number of phenolic OH excluding ortho intramolecular Hbond substituents is 2. The van der Waals surface area contributed by atoms with E-state index in [9.17, 15) is 0 Å². The second-order valence-corrected chi connectivity index (χ2v) is 3.02. The molecule has 0 aromatic heterocycles. The molecule has 0 atom stereocenters. The van der Waals surface area contributed by atoms with Gasteiger partial charge in [0.2, 0.25) is 0 Å². The molecule has 0 aliphatic carbocycles. The molecule has 0 heterocycles. The topological polar surface area (TPSA) is 60.7 Å². The lowest BCUT2D eigenvalue weighted by Gasteiger charge is -2.00. The molecular weight excluding hydrogens is 148 g/mol. The normalized spacial score (nSPS) is 10.9. The van der Waals surface area contributed by atoms with Gasteiger partial charge in [-0.1, -0.05) is 12.1 Å². The quantitative estimate of drug-likeness (QED) is 0.353. The molecule has 0 unspecified atom stereocenters. The van der Waals surface area contributed by atoms with Gasteiger partial charge in [-0.2, -0.15) is 0 Å². The van der Waals surface area contributed by atoms with Gasteiger partial charge in [-0.05, 0) is 6.07 Å². The first kappa shape index (κ1) is 7.11. The Balaban J connectivity index is 3.14. The maximum atomic E-state index is 9.02. The predicted molar refractivity (Wildman–Crippen MR) is 40.2 cm³/mol. The summed E-state index contributed by atoms with van der Waals surface area (Å²) in [5, 5.41) is 18.4. The van der Waals surface area contributed by atoms with E-state index >= 15 is 0 Å². The van der Waals surface area contributed by atoms with Crippen molar-refractivity contribution in [3.8, 4) is 11.5 Å². The zero-order chi connectivity index (χ0) is 7.56. The summed E-state index contributed by atoms with van der Waals surface area (Å²) in [5.74, 6) is -0.351. The van der Waals surface area contributed by atoms with Crippen LogP contribution in [0.2, 0.25) is 0 Å². The third kappa shape index (κ3) is 1.12. The largest absolute Gasteiger partial charge is 0.504 e. The molecule has 0 saturated carbocycles. The number of phenols is 2. The van der Waals surface area contributed by atoms with Gasteiger partial charge in [-0.25, -0.2) is 0 Å². The predicted octanol–water partition coefficient (Wildman–Crippen LogP) is -1.20. The SMILES string of the molecule is O[SiH2]c1cccc(O)c1O. The molecule has 3 nitrogen and oxygen atoms in total. The van der Waals surface area contributed by atoms with Crippen LogP contribution in [0.5, 0.6) is 11.5 Å². The van der Waals surface area contributed by atoms with Crippen LogP contribution in [-0.4, -0.2) is 24.8 Å². The molecule has 0 fully saturated rings. The first-order valence-electron chi connectivity index (χ1n) is 2.86. The van der Waals surface area contributed by atoms with E-state index in [0.717, 1.165) is 0 Å². The second kappa shape index (κ2) is 2.72. The first-order chi connectivity index (χ1) is 4.75. The summed E-state index contributed by atoms with van der Waals surface area (Å²) >= 11 is 0. The van der Waals surface area contributed by atoms with Crippen molar-refractivity contribution in [3.63, 3.8) is 0 Å². The lowest BCUT2D eigenvalue weighted by Crippen LogP contribution is -2.12. The minimum absolute atomic E-state index is 0.168. The molecule has 3 N–H and O–H groups in total. The Bertz CT molecular complexity index is 236. The molecule has 1 aromatic rings. The van der Waals surface area contributed by atoms with Gasteiger partial charge in [-0.15, -0.1) is 0 Å². The van der Waals surface area contributed by atoms with Gasteiger partial charge in [-0.3, -0.25) is 0 Å². The fourth-order valence-electron chi connectivity index (χ4n) is 0.705. The Morgan fingerprint density at radius 2 is 1.90 bits per heavy atom. The Hall–Kier alpha value is -1.00. The molecule has 0 aliphatic heterocycles. The molecule has 0 aliphatic rings. The van der Waals surface area contributed by atoms with Gasteiger partial charge in [0.1, 0.15) is 0 Å². The standard InChI is InChI=1S/C6H8O3Si/c7-4-2-1-3-5(10-9)6(4)8/h1-3,7-9H,10H2. The van der Waals surface area contributed by atoms with Crippen molar-refractivity contribution in [1.82, 2.24) is 0 Å². The van der Waals surface area contributed by atoms with Gasteiger partial charge in [0, 0.05) is 5.19 Å². The summed E-state index contributed by atoms with van der Waals surface area (Å²) in [5.41, 5.74) is 0. The monoisotopic (exact) mass is 156 g/mol. The van der Waals surface area contributed by atoms with Crippen LogP contribution in [0.15, 0.2) is 18.2 Å². The van der Waals surface area contributed by atoms with Crippen molar-refractivity contribution in [3.05, 3.63) is 18.2 Å². The first-order valence-corrected chi connectivity index (χ1v) is 4.20. The van der Waals surface area contributed by atoms with Crippen LogP contribution >= 0.6 is 0 Å². The molecule has 0 bridgehead atoms. The second-order valence-electron chi connectivity index (χ2n) is 1.94. The maximum absolute atomic E-state index is 9.02. The third-order valence-corrected chi connectivity index (χ3v) is 2.18. The maximum Gasteiger partial charge on any atom is 0.192 e. The van der Waals surface area contributed by atoms with Gasteiger partial charge >= 0.3 is 0 Å². The fraction of sp³-hybridized carbons (Fsp3) is 0. The molecule has 10 heavy (non-hydrogen) atoms. The van der Waals surface area contributed by atoms with Gasteiger partial charge < -0.3 is 15.0 Å². The van der Waals surface area contributed by atoms with E-state index in [0.29, 0.717) is 5.19 Å². The van der Waals surface area contributed by atoms with E-state index in [-0.39, 0.29) is 11.5 Å². The van der Waals surface area contributed by atoms with Crippen LogP contribution in [0.1, 0.15) is 0 Å². The van der Waals surface area contributed by atoms with Gasteiger partial charge in [0.15, 0.2) is 21.3 Å². The van der Waals surface area contributed by atoms with Crippen LogP contribution in [0, 0.1) is 0 Å². The Labute approximate surface area is 60.5 Å². The van der Waals surface area contributed by atoms with E-state index in [1.165, 1.54) is 6.07 Å². The van der Waals surface area contributed by atoms with E-state index < -0.39 is 9.76 Å². The number of para-hydroxylation sites is 1. The lowest BCUT2D eigenvalue weighted by atomic mass is 10.3. The number of benzene rings is 1. The molecule has 4 heteroatoms. The highest BCUT2D eigenvalue weighted by atomic mass is 28.2. The molecule has 1 rings (SSSR count). The Morgan fingerprint density at radius 3 is 2.40 bits per heavy atom. The van der Waals surface area contributed by atoms with Crippen molar-refractivity contribution in [2.75, 3.05) is 0 Å². The average Bonchev–Trinajstić information content (AvgIpc) is 1.95. The van der Waals surface area contributed by atoms with Crippen molar-refractivity contribution in [2.24, 2.45) is 0 Å². The third-order valence-electron chi connectivity index (χ3n) is 1.27. The van der Waals surface area contributed by atoms with Crippen LogP contribution in [0.25, 0.3) is 0 Å². The molecule has 0 amide bonds. The summed E-state index contributed by atoms with van der Waals surface area (Å²) in [6.07, 6.45) is 0. The van der Waals surface area contributed by atoms with E-state index in [1.807, 2.05) is 0 Å². The molecule has 0 saturated heterocycles. The number of rotatable bonds is 1. The van der Waals surface area contributed by atoms with Crippen molar-refractivity contribution < 1.29 is 15.0 Å². The molecule has 1 aromatic carbocycles. The van der Waals surface area contributed by atoms with Crippen LogP contribution in [-0.2, 0) is 0 Å².